The Morgan fingerprint density at radius 2 is 1.73 bits per heavy atom. The molecule has 2 aromatic carbocycles. The van der Waals surface area contributed by atoms with Crippen LogP contribution in [-0.2, 0) is 11.2 Å². The first-order valence-corrected chi connectivity index (χ1v) is 15.4. The third kappa shape index (κ3) is 7.36. The van der Waals surface area contributed by atoms with Gasteiger partial charge in [0.2, 0.25) is 5.91 Å². The number of aromatic nitrogens is 2. The second kappa shape index (κ2) is 13.8. The number of rotatable bonds is 13. The minimum atomic E-state index is -0.657. The quantitative estimate of drug-likeness (QED) is 0.179. The highest BCUT2D eigenvalue weighted by molar-refractivity contribution is 7.09. The van der Waals surface area contributed by atoms with E-state index < -0.39 is 6.04 Å². The predicted octanol–water partition coefficient (Wildman–Crippen LogP) is 7.08. The van der Waals surface area contributed by atoms with Crippen molar-refractivity contribution in [2.24, 2.45) is 5.92 Å². The van der Waals surface area contributed by atoms with Gasteiger partial charge in [-0.3, -0.25) is 9.59 Å². The zero-order valence-corrected chi connectivity index (χ0v) is 25.8. The van der Waals surface area contributed by atoms with Crippen molar-refractivity contribution >= 4 is 34.2 Å². The van der Waals surface area contributed by atoms with Crippen molar-refractivity contribution in [2.75, 3.05) is 7.11 Å². The van der Waals surface area contributed by atoms with Crippen LogP contribution in [0.1, 0.15) is 92.6 Å². The molecule has 2 heterocycles. The summed E-state index contributed by atoms with van der Waals surface area (Å²) in [4.78, 5) is 33.1. The van der Waals surface area contributed by atoms with Gasteiger partial charge in [0.15, 0.2) is 0 Å². The third-order valence-corrected chi connectivity index (χ3v) is 8.42. The summed E-state index contributed by atoms with van der Waals surface area (Å²) in [5.74, 6) is 1.52. The molecule has 2 N–H and O–H groups in total. The number of carbonyl (C=O) groups is 2. The summed E-state index contributed by atoms with van der Waals surface area (Å²) in [6, 6.07) is 17.0. The van der Waals surface area contributed by atoms with Crippen molar-refractivity contribution in [3.8, 4) is 5.75 Å². The Kier molecular flexibility index (Phi) is 10.2. The first-order chi connectivity index (χ1) is 19.7. The van der Waals surface area contributed by atoms with Gasteiger partial charge in [0.05, 0.1) is 24.2 Å². The molecule has 0 aliphatic rings. The van der Waals surface area contributed by atoms with Gasteiger partial charge in [-0.1, -0.05) is 45.9 Å². The highest BCUT2D eigenvalue weighted by Gasteiger charge is 2.25. The van der Waals surface area contributed by atoms with Crippen LogP contribution in [0.15, 0.2) is 60.0 Å². The summed E-state index contributed by atoms with van der Waals surface area (Å²) in [6.07, 6.45) is 3.29. The second-order valence-electron chi connectivity index (χ2n) is 11.0. The highest BCUT2D eigenvalue weighted by atomic mass is 32.1. The molecule has 0 saturated carbocycles. The minimum absolute atomic E-state index is 0.201. The van der Waals surface area contributed by atoms with Gasteiger partial charge in [-0.25, -0.2) is 4.98 Å². The molecule has 0 spiro atoms. The molecule has 2 aromatic heterocycles. The van der Waals surface area contributed by atoms with Crippen molar-refractivity contribution in [3.05, 3.63) is 81.8 Å². The van der Waals surface area contributed by atoms with Gasteiger partial charge in [0.25, 0.3) is 5.91 Å². The monoisotopic (exact) mass is 574 g/mol. The van der Waals surface area contributed by atoms with Gasteiger partial charge in [0, 0.05) is 22.9 Å². The Bertz CT molecular complexity index is 1440. The number of nitrogens with one attached hydrogen (secondary N) is 2. The van der Waals surface area contributed by atoms with Gasteiger partial charge < -0.3 is 19.9 Å². The van der Waals surface area contributed by atoms with Crippen molar-refractivity contribution in [2.45, 2.75) is 78.4 Å². The van der Waals surface area contributed by atoms with Gasteiger partial charge in [-0.15, -0.1) is 11.3 Å². The number of amides is 2. The minimum Gasteiger partial charge on any atom is -0.497 e. The van der Waals surface area contributed by atoms with Crippen LogP contribution < -0.4 is 15.4 Å². The average molecular weight is 575 g/mol. The van der Waals surface area contributed by atoms with Crippen molar-refractivity contribution in [1.82, 2.24) is 20.2 Å². The maximum absolute atomic E-state index is 13.5. The number of ether oxygens (including phenoxy) is 1. The van der Waals surface area contributed by atoms with Gasteiger partial charge >= 0.3 is 0 Å². The summed E-state index contributed by atoms with van der Waals surface area (Å²) >= 11 is 1.73. The SMILES string of the molecule is CCC(CC)n1c(Cc2cccs2)nc2cc(C(=O)N[C@@H](CC(C)C)C(=O)N[C@@H](C)c3ccc(OC)cc3)ccc21. The molecule has 0 saturated heterocycles. The number of methoxy groups -OCH3 is 1. The fraction of sp³-hybridized carbons (Fsp3) is 0.424. The van der Waals surface area contributed by atoms with Crippen molar-refractivity contribution in [3.63, 3.8) is 0 Å². The molecule has 0 fully saturated rings. The topological polar surface area (TPSA) is 85.2 Å². The number of benzene rings is 2. The van der Waals surface area contributed by atoms with Crippen molar-refractivity contribution < 1.29 is 14.3 Å². The number of hydrogen-bond acceptors (Lipinski definition) is 5. The number of fused-ring (bicyclic) bond motifs is 1. The number of hydrogen-bond donors (Lipinski definition) is 2. The molecule has 0 bridgehead atoms. The molecule has 0 aliphatic carbocycles. The van der Waals surface area contributed by atoms with Crippen LogP contribution in [-0.4, -0.2) is 34.5 Å². The van der Waals surface area contributed by atoms with E-state index in [-0.39, 0.29) is 23.8 Å². The molecule has 8 heteroatoms. The van der Waals surface area contributed by atoms with Gasteiger partial charge in [-0.05, 0) is 79.4 Å². The zero-order chi connectivity index (χ0) is 29.5. The first-order valence-electron chi connectivity index (χ1n) is 14.5. The normalized spacial score (nSPS) is 13.0. The smallest absolute Gasteiger partial charge is 0.252 e. The average Bonchev–Trinajstić information content (AvgIpc) is 3.60. The molecule has 2 amide bonds. The molecule has 218 valence electrons. The molecular weight excluding hydrogens is 532 g/mol. The van der Waals surface area contributed by atoms with Crippen LogP contribution in [0.2, 0.25) is 0 Å². The van der Waals surface area contributed by atoms with Crippen LogP contribution in [0.25, 0.3) is 11.0 Å². The Hall–Kier alpha value is -3.65. The lowest BCUT2D eigenvalue weighted by Crippen LogP contribution is -2.48. The third-order valence-electron chi connectivity index (χ3n) is 7.55. The Labute approximate surface area is 247 Å². The second-order valence-corrected chi connectivity index (χ2v) is 12.0. The van der Waals surface area contributed by atoms with E-state index in [2.05, 4.69) is 46.6 Å². The van der Waals surface area contributed by atoms with Crippen LogP contribution >= 0.6 is 11.3 Å². The first kappa shape index (κ1) is 30.3. The molecule has 7 nitrogen and oxygen atoms in total. The van der Waals surface area contributed by atoms with E-state index in [9.17, 15) is 9.59 Å². The fourth-order valence-corrected chi connectivity index (χ4v) is 5.98. The maximum atomic E-state index is 13.5. The van der Waals surface area contributed by atoms with Crippen LogP contribution in [0.5, 0.6) is 5.75 Å². The summed E-state index contributed by atoms with van der Waals surface area (Å²) in [5, 5.41) is 8.16. The van der Waals surface area contributed by atoms with Crippen LogP contribution in [0.4, 0.5) is 0 Å². The molecule has 4 aromatic rings. The van der Waals surface area contributed by atoms with Gasteiger partial charge in [0.1, 0.15) is 17.6 Å². The number of nitrogens with zero attached hydrogens (tertiary/aromatic N) is 2. The Morgan fingerprint density at radius 3 is 2.34 bits per heavy atom. The summed E-state index contributed by atoms with van der Waals surface area (Å²) < 4.78 is 7.58. The van der Waals surface area contributed by atoms with Crippen LogP contribution in [0.3, 0.4) is 0 Å². The largest absolute Gasteiger partial charge is 0.497 e. The number of imidazole rings is 1. The predicted molar refractivity (Wildman–Crippen MR) is 167 cm³/mol. The summed E-state index contributed by atoms with van der Waals surface area (Å²) in [7, 11) is 1.62. The van der Waals surface area contributed by atoms with E-state index in [1.54, 1.807) is 18.4 Å². The maximum Gasteiger partial charge on any atom is 0.252 e. The lowest BCUT2D eigenvalue weighted by molar-refractivity contribution is -0.124. The van der Waals surface area contributed by atoms with E-state index in [0.29, 0.717) is 18.0 Å². The van der Waals surface area contributed by atoms with E-state index in [0.717, 1.165) is 47.4 Å². The zero-order valence-electron chi connectivity index (χ0n) is 24.9. The summed E-state index contributed by atoms with van der Waals surface area (Å²) in [6.45, 7) is 10.4. The van der Waals surface area contributed by atoms with E-state index in [4.69, 9.17) is 9.72 Å². The Balaban J connectivity index is 1.55. The Morgan fingerprint density at radius 1 is 1.00 bits per heavy atom. The van der Waals surface area contributed by atoms with Crippen molar-refractivity contribution in [1.29, 1.82) is 0 Å². The number of carbonyl (C=O) groups excluding carboxylic acids is 2. The number of thiophene rings is 1. The molecular formula is C33H42N4O3S. The molecule has 4 rings (SSSR count). The van der Waals surface area contributed by atoms with Crippen LogP contribution in [0, 0.1) is 5.92 Å². The molecule has 0 radical (unpaired) electrons. The summed E-state index contributed by atoms with van der Waals surface area (Å²) in [5.41, 5.74) is 3.30. The lowest BCUT2D eigenvalue weighted by atomic mass is 10.0. The molecule has 0 aliphatic heterocycles. The molecule has 0 unspecified atom stereocenters. The van der Waals surface area contributed by atoms with Gasteiger partial charge in [-0.2, -0.15) is 0 Å². The van der Waals surface area contributed by atoms with E-state index in [1.165, 1.54) is 4.88 Å². The lowest BCUT2D eigenvalue weighted by Gasteiger charge is -2.23. The molecule has 2 atom stereocenters. The highest BCUT2D eigenvalue weighted by Crippen LogP contribution is 2.28. The standard InChI is InChI=1S/C33H42N4O3S/c1-7-25(8-2)37-30-16-13-24(19-28(30)35-31(37)20-27-10-9-17-41-27)32(38)36-29(18-21(3)4)33(39)34-22(5)23-11-14-26(40-6)15-12-23/h9-17,19,21-22,25,29H,7-8,18,20H2,1-6H3,(H,34,39)(H,36,38)/t22-,29-/m0/s1. The van der Waals surface area contributed by atoms with E-state index >= 15 is 0 Å². The fourth-order valence-electron chi connectivity index (χ4n) is 5.28. The van der Waals surface area contributed by atoms with E-state index in [1.807, 2.05) is 63.2 Å². The molecule has 41 heavy (non-hydrogen) atoms.